The van der Waals surface area contributed by atoms with Crippen LogP contribution in [-0.2, 0) is 4.79 Å². The van der Waals surface area contributed by atoms with E-state index in [-0.39, 0.29) is 24.1 Å². The summed E-state index contributed by atoms with van der Waals surface area (Å²) in [5.41, 5.74) is 1.61. The number of amides is 1. The highest BCUT2D eigenvalue weighted by atomic mass is 19.1. The SMILES string of the molecule is O=C(C[C@H](c1ccc(F)cc1)c1ccco1)Nc1cccc2ccccc12. The molecule has 4 rings (SSSR count). The van der Waals surface area contributed by atoms with Crippen molar-refractivity contribution in [2.75, 3.05) is 5.32 Å². The summed E-state index contributed by atoms with van der Waals surface area (Å²) in [7, 11) is 0. The molecule has 0 aliphatic rings. The minimum absolute atomic E-state index is 0.128. The van der Waals surface area contributed by atoms with E-state index in [4.69, 9.17) is 4.42 Å². The first-order valence-electron chi connectivity index (χ1n) is 8.77. The minimum atomic E-state index is -0.308. The average Bonchev–Trinajstić information content (AvgIpc) is 3.22. The van der Waals surface area contributed by atoms with E-state index in [0.29, 0.717) is 5.76 Å². The second-order valence-corrected chi connectivity index (χ2v) is 6.40. The third kappa shape index (κ3) is 3.75. The molecule has 1 atom stereocenters. The van der Waals surface area contributed by atoms with Gasteiger partial charge in [-0.25, -0.2) is 4.39 Å². The maximum atomic E-state index is 13.3. The van der Waals surface area contributed by atoms with Gasteiger partial charge in [-0.05, 0) is 41.3 Å². The molecule has 3 aromatic carbocycles. The van der Waals surface area contributed by atoms with E-state index in [1.54, 1.807) is 24.5 Å². The Morgan fingerprint density at radius 2 is 1.70 bits per heavy atom. The number of anilines is 1. The highest BCUT2D eigenvalue weighted by Gasteiger charge is 2.21. The zero-order valence-electron chi connectivity index (χ0n) is 14.6. The molecule has 0 spiro atoms. The fourth-order valence-electron chi connectivity index (χ4n) is 3.29. The molecule has 0 aliphatic carbocycles. The van der Waals surface area contributed by atoms with Crippen molar-refractivity contribution in [1.82, 2.24) is 0 Å². The van der Waals surface area contributed by atoms with Crippen molar-refractivity contribution >= 4 is 22.4 Å². The Bertz CT molecular complexity index is 1050. The molecule has 1 aromatic heterocycles. The topological polar surface area (TPSA) is 42.2 Å². The van der Waals surface area contributed by atoms with Crippen molar-refractivity contribution in [3.63, 3.8) is 0 Å². The summed E-state index contributed by atoms with van der Waals surface area (Å²) in [6, 6.07) is 23.5. The Morgan fingerprint density at radius 1 is 0.926 bits per heavy atom. The number of carbonyl (C=O) groups is 1. The van der Waals surface area contributed by atoms with Crippen molar-refractivity contribution in [2.24, 2.45) is 0 Å². The van der Waals surface area contributed by atoms with Crippen LogP contribution in [0.25, 0.3) is 10.8 Å². The zero-order valence-corrected chi connectivity index (χ0v) is 14.6. The van der Waals surface area contributed by atoms with E-state index in [0.717, 1.165) is 22.0 Å². The molecule has 4 aromatic rings. The number of halogens is 1. The van der Waals surface area contributed by atoms with Crippen LogP contribution >= 0.6 is 0 Å². The lowest BCUT2D eigenvalue weighted by Gasteiger charge is -2.16. The average molecular weight is 359 g/mol. The van der Waals surface area contributed by atoms with Crippen LogP contribution in [0, 0.1) is 5.82 Å². The van der Waals surface area contributed by atoms with Gasteiger partial charge in [0, 0.05) is 17.5 Å². The van der Waals surface area contributed by atoms with E-state index in [1.165, 1.54) is 12.1 Å². The molecular formula is C23H18FNO2. The molecule has 134 valence electrons. The largest absolute Gasteiger partial charge is 0.469 e. The molecule has 1 N–H and O–H groups in total. The number of carbonyl (C=O) groups excluding carboxylic acids is 1. The van der Waals surface area contributed by atoms with Crippen molar-refractivity contribution in [2.45, 2.75) is 12.3 Å². The molecule has 0 fully saturated rings. The molecule has 27 heavy (non-hydrogen) atoms. The van der Waals surface area contributed by atoms with Crippen molar-refractivity contribution in [3.05, 3.63) is 102 Å². The second-order valence-electron chi connectivity index (χ2n) is 6.40. The van der Waals surface area contributed by atoms with Crippen molar-refractivity contribution in [3.8, 4) is 0 Å². The molecule has 0 radical (unpaired) electrons. The number of furan rings is 1. The summed E-state index contributed by atoms with van der Waals surface area (Å²) in [5, 5.41) is 5.06. The van der Waals surface area contributed by atoms with E-state index in [2.05, 4.69) is 5.32 Å². The van der Waals surface area contributed by atoms with Gasteiger partial charge in [-0.2, -0.15) is 0 Å². The Morgan fingerprint density at radius 3 is 2.48 bits per heavy atom. The monoisotopic (exact) mass is 359 g/mol. The molecule has 0 saturated heterocycles. The van der Waals surface area contributed by atoms with Crippen LogP contribution in [-0.4, -0.2) is 5.91 Å². The molecular weight excluding hydrogens is 341 g/mol. The van der Waals surface area contributed by atoms with E-state index in [9.17, 15) is 9.18 Å². The summed E-state index contributed by atoms with van der Waals surface area (Å²) in [4.78, 5) is 12.8. The summed E-state index contributed by atoms with van der Waals surface area (Å²) < 4.78 is 18.8. The number of fused-ring (bicyclic) bond motifs is 1. The van der Waals surface area contributed by atoms with Gasteiger partial charge < -0.3 is 9.73 Å². The quantitative estimate of drug-likeness (QED) is 0.494. The molecule has 0 bridgehead atoms. The summed E-state index contributed by atoms with van der Waals surface area (Å²) >= 11 is 0. The van der Waals surface area contributed by atoms with Crippen LogP contribution < -0.4 is 5.32 Å². The van der Waals surface area contributed by atoms with Crippen molar-refractivity contribution < 1.29 is 13.6 Å². The lowest BCUT2D eigenvalue weighted by Crippen LogP contribution is -2.16. The second kappa shape index (κ2) is 7.46. The fourth-order valence-corrected chi connectivity index (χ4v) is 3.29. The van der Waals surface area contributed by atoms with E-state index < -0.39 is 0 Å². The molecule has 3 nitrogen and oxygen atoms in total. The van der Waals surface area contributed by atoms with Gasteiger partial charge in [-0.15, -0.1) is 0 Å². The van der Waals surface area contributed by atoms with Crippen LogP contribution in [0.2, 0.25) is 0 Å². The Balaban J connectivity index is 1.59. The summed E-state index contributed by atoms with van der Waals surface area (Å²) in [6.45, 7) is 0. The molecule has 1 heterocycles. The van der Waals surface area contributed by atoms with E-state index >= 15 is 0 Å². The van der Waals surface area contributed by atoms with Gasteiger partial charge in [0.15, 0.2) is 0 Å². The number of benzene rings is 3. The Kier molecular flexibility index (Phi) is 4.71. The number of rotatable bonds is 5. The van der Waals surface area contributed by atoms with Crippen LogP contribution in [0.1, 0.15) is 23.7 Å². The van der Waals surface area contributed by atoms with Gasteiger partial charge in [0.1, 0.15) is 11.6 Å². The third-order valence-corrected chi connectivity index (χ3v) is 4.61. The predicted molar refractivity (Wildman–Crippen MR) is 104 cm³/mol. The summed E-state index contributed by atoms with van der Waals surface area (Å²) in [5.74, 6) is -0.0421. The number of nitrogens with one attached hydrogen (secondary N) is 1. The molecule has 0 unspecified atom stereocenters. The number of hydrogen-bond donors (Lipinski definition) is 1. The highest BCUT2D eigenvalue weighted by molar-refractivity contribution is 6.02. The minimum Gasteiger partial charge on any atom is -0.469 e. The fraction of sp³-hybridized carbons (Fsp3) is 0.0870. The first-order chi connectivity index (χ1) is 13.2. The van der Waals surface area contributed by atoms with Gasteiger partial charge in [-0.3, -0.25) is 4.79 Å². The molecule has 0 saturated carbocycles. The normalized spacial score (nSPS) is 12.0. The van der Waals surface area contributed by atoms with Crippen LogP contribution in [0.15, 0.2) is 89.5 Å². The molecule has 0 aliphatic heterocycles. The van der Waals surface area contributed by atoms with Crippen LogP contribution in [0.5, 0.6) is 0 Å². The van der Waals surface area contributed by atoms with Crippen LogP contribution in [0.4, 0.5) is 10.1 Å². The number of hydrogen-bond acceptors (Lipinski definition) is 2. The smallest absolute Gasteiger partial charge is 0.225 e. The van der Waals surface area contributed by atoms with Crippen LogP contribution in [0.3, 0.4) is 0 Å². The standard InChI is InChI=1S/C23H18FNO2/c24-18-12-10-17(11-13-18)20(22-9-4-14-27-22)15-23(26)25-21-8-3-6-16-5-1-2-7-19(16)21/h1-14,20H,15H2,(H,25,26)/t20-/m1/s1. The molecule has 1 amide bonds. The Hall–Kier alpha value is -3.40. The lowest BCUT2D eigenvalue weighted by atomic mass is 9.93. The highest BCUT2D eigenvalue weighted by Crippen LogP contribution is 2.30. The molecule has 4 heteroatoms. The van der Waals surface area contributed by atoms with Gasteiger partial charge in [0.2, 0.25) is 5.91 Å². The zero-order chi connectivity index (χ0) is 18.6. The van der Waals surface area contributed by atoms with E-state index in [1.807, 2.05) is 48.5 Å². The van der Waals surface area contributed by atoms with Gasteiger partial charge in [0.05, 0.1) is 12.2 Å². The third-order valence-electron chi connectivity index (χ3n) is 4.61. The van der Waals surface area contributed by atoms with Gasteiger partial charge in [0.25, 0.3) is 0 Å². The predicted octanol–water partition coefficient (Wildman–Crippen LogP) is 5.73. The van der Waals surface area contributed by atoms with Gasteiger partial charge >= 0.3 is 0 Å². The lowest BCUT2D eigenvalue weighted by molar-refractivity contribution is -0.116. The first-order valence-corrected chi connectivity index (χ1v) is 8.77. The van der Waals surface area contributed by atoms with Crippen molar-refractivity contribution in [1.29, 1.82) is 0 Å². The summed E-state index contributed by atoms with van der Waals surface area (Å²) in [6.07, 6.45) is 1.77. The van der Waals surface area contributed by atoms with Gasteiger partial charge in [-0.1, -0.05) is 48.5 Å². The first kappa shape index (κ1) is 17.0. The maximum Gasteiger partial charge on any atom is 0.225 e. The Labute approximate surface area is 156 Å². The maximum absolute atomic E-state index is 13.3.